The average molecular weight is 353 g/mol. The Bertz CT molecular complexity index is 650. The van der Waals surface area contributed by atoms with Crippen molar-refractivity contribution in [2.24, 2.45) is 0 Å². The summed E-state index contributed by atoms with van der Waals surface area (Å²) in [6.07, 6.45) is -0.581. The number of carbonyl (C=O) groups excluding carboxylic acids is 1. The van der Waals surface area contributed by atoms with E-state index in [4.69, 9.17) is 11.6 Å². The number of sulfone groups is 1. The SMILES string of the molecule is O=C(NCCS(=O)(=O)c1ccc(Cl)cc1)C1CC(F)(F)CN1. The molecular weight excluding hydrogens is 338 g/mol. The summed E-state index contributed by atoms with van der Waals surface area (Å²) >= 11 is 5.68. The third-order valence-corrected chi connectivity index (χ3v) is 5.25. The normalized spacial score (nSPS) is 20.8. The molecule has 5 nitrogen and oxygen atoms in total. The van der Waals surface area contributed by atoms with Crippen LogP contribution < -0.4 is 10.6 Å². The maximum Gasteiger partial charge on any atom is 0.262 e. The van der Waals surface area contributed by atoms with Crippen molar-refractivity contribution in [1.82, 2.24) is 10.6 Å². The van der Waals surface area contributed by atoms with Gasteiger partial charge in [-0.3, -0.25) is 10.1 Å². The van der Waals surface area contributed by atoms with E-state index in [0.717, 1.165) is 0 Å². The molecule has 0 aliphatic carbocycles. The second-order valence-corrected chi connectivity index (χ2v) is 7.60. The van der Waals surface area contributed by atoms with Gasteiger partial charge in [0, 0.05) is 18.0 Å². The molecule has 1 aromatic carbocycles. The smallest absolute Gasteiger partial charge is 0.262 e. The Hall–Kier alpha value is -1.25. The molecule has 0 radical (unpaired) electrons. The molecule has 1 aliphatic rings. The summed E-state index contributed by atoms with van der Waals surface area (Å²) in [4.78, 5) is 11.8. The molecule has 1 atom stereocenters. The summed E-state index contributed by atoms with van der Waals surface area (Å²) in [6, 6.07) is 4.67. The predicted octanol–water partition coefficient (Wildman–Crippen LogP) is 1.23. The van der Waals surface area contributed by atoms with Crippen molar-refractivity contribution in [2.45, 2.75) is 23.3 Å². The third-order valence-electron chi connectivity index (χ3n) is 3.27. The molecule has 1 unspecified atom stereocenters. The van der Waals surface area contributed by atoms with Gasteiger partial charge in [0.05, 0.1) is 23.2 Å². The predicted molar refractivity (Wildman–Crippen MR) is 77.9 cm³/mol. The summed E-state index contributed by atoms with van der Waals surface area (Å²) in [5.41, 5.74) is 0. The minimum absolute atomic E-state index is 0.0941. The van der Waals surface area contributed by atoms with E-state index in [1.165, 1.54) is 24.3 Å². The molecule has 1 saturated heterocycles. The van der Waals surface area contributed by atoms with Crippen LogP contribution in [0.2, 0.25) is 5.02 Å². The molecule has 1 heterocycles. The van der Waals surface area contributed by atoms with E-state index in [0.29, 0.717) is 5.02 Å². The zero-order valence-corrected chi connectivity index (χ0v) is 13.1. The van der Waals surface area contributed by atoms with Gasteiger partial charge in [0.1, 0.15) is 0 Å². The van der Waals surface area contributed by atoms with Crippen molar-refractivity contribution in [3.05, 3.63) is 29.3 Å². The Labute approximate surface area is 132 Å². The molecule has 122 valence electrons. The van der Waals surface area contributed by atoms with Crippen molar-refractivity contribution in [2.75, 3.05) is 18.8 Å². The summed E-state index contributed by atoms with van der Waals surface area (Å²) in [7, 11) is -3.56. The Morgan fingerprint density at radius 1 is 1.36 bits per heavy atom. The van der Waals surface area contributed by atoms with Crippen LogP contribution in [0.15, 0.2) is 29.2 Å². The fourth-order valence-corrected chi connectivity index (χ4v) is 3.38. The number of carbonyl (C=O) groups is 1. The van der Waals surface area contributed by atoms with Gasteiger partial charge in [0.15, 0.2) is 9.84 Å². The lowest BCUT2D eigenvalue weighted by molar-refractivity contribution is -0.123. The number of hydrogen-bond acceptors (Lipinski definition) is 4. The highest BCUT2D eigenvalue weighted by atomic mass is 35.5. The van der Waals surface area contributed by atoms with Gasteiger partial charge in [-0.15, -0.1) is 0 Å². The standard InChI is InChI=1S/C13H15ClF2N2O3S/c14-9-1-3-10(4-2-9)22(20,21)6-5-17-12(19)11-7-13(15,16)8-18-11/h1-4,11,18H,5-8H2,(H,17,19). The van der Waals surface area contributed by atoms with Crippen LogP contribution in [-0.4, -0.2) is 45.1 Å². The summed E-state index contributed by atoms with van der Waals surface area (Å²) in [5.74, 6) is -3.84. The van der Waals surface area contributed by atoms with E-state index in [1.54, 1.807) is 0 Å². The first-order valence-corrected chi connectivity index (χ1v) is 8.60. The fraction of sp³-hybridized carbons (Fsp3) is 0.462. The molecule has 9 heteroatoms. The van der Waals surface area contributed by atoms with Crippen molar-refractivity contribution in [3.63, 3.8) is 0 Å². The van der Waals surface area contributed by atoms with Crippen LogP contribution in [-0.2, 0) is 14.6 Å². The van der Waals surface area contributed by atoms with Crippen LogP contribution in [0.1, 0.15) is 6.42 Å². The quantitative estimate of drug-likeness (QED) is 0.835. The Kier molecular flexibility index (Phi) is 5.03. The molecule has 1 aliphatic heterocycles. The molecule has 2 rings (SSSR count). The highest BCUT2D eigenvalue weighted by molar-refractivity contribution is 7.91. The number of amides is 1. The van der Waals surface area contributed by atoms with E-state index < -0.39 is 40.7 Å². The molecule has 0 spiro atoms. The number of alkyl halides is 2. The first-order chi connectivity index (χ1) is 10.2. The van der Waals surface area contributed by atoms with E-state index in [-0.39, 0.29) is 17.2 Å². The Morgan fingerprint density at radius 3 is 2.55 bits per heavy atom. The number of hydrogen-bond donors (Lipinski definition) is 2. The molecule has 1 aromatic rings. The number of benzene rings is 1. The molecule has 0 aromatic heterocycles. The van der Waals surface area contributed by atoms with Gasteiger partial charge in [-0.1, -0.05) is 11.6 Å². The summed E-state index contributed by atoms with van der Waals surface area (Å²) in [5, 5.41) is 5.18. The van der Waals surface area contributed by atoms with Crippen molar-refractivity contribution in [3.8, 4) is 0 Å². The largest absolute Gasteiger partial charge is 0.354 e. The average Bonchev–Trinajstić information content (AvgIpc) is 2.79. The van der Waals surface area contributed by atoms with Crippen LogP contribution in [0.5, 0.6) is 0 Å². The number of rotatable bonds is 5. The lowest BCUT2D eigenvalue weighted by Crippen LogP contribution is -2.42. The fourth-order valence-electron chi connectivity index (χ4n) is 2.09. The lowest BCUT2D eigenvalue weighted by atomic mass is 10.2. The van der Waals surface area contributed by atoms with Gasteiger partial charge in [-0.2, -0.15) is 0 Å². The summed E-state index contributed by atoms with van der Waals surface area (Å²) in [6.45, 7) is -0.693. The van der Waals surface area contributed by atoms with Crippen molar-refractivity contribution < 1.29 is 22.0 Å². The van der Waals surface area contributed by atoms with E-state index in [2.05, 4.69) is 10.6 Å². The van der Waals surface area contributed by atoms with Gasteiger partial charge < -0.3 is 5.32 Å². The molecular formula is C13H15ClF2N2O3S. The van der Waals surface area contributed by atoms with Crippen molar-refractivity contribution in [1.29, 1.82) is 0 Å². The topological polar surface area (TPSA) is 75.3 Å². The molecule has 1 amide bonds. The third kappa shape index (κ3) is 4.37. The van der Waals surface area contributed by atoms with Gasteiger partial charge >= 0.3 is 0 Å². The monoisotopic (exact) mass is 352 g/mol. The second kappa shape index (κ2) is 6.47. The number of nitrogens with one attached hydrogen (secondary N) is 2. The number of halogens is 3. The molecule has 22 heavy (non-hydrogen) atoms. The van der Waals surface area contributed by atoms with Gasteiger partial charge in [-0.25, -0.2) is 17.2 Å². The van der Waals surface area contributed by atoms with Gasteiger partial charge in [-0.05, 0) is 24.3 Å². The van der Waals surface area contributed by atoms with Crippen molar-refractivity contribution >= 4 is 27.3 Å². The van der Waals surface area contributed by atoms with Crippen LogP contribution in [0.4, 0.5) is 8.78 Å². The van der Waals surface area contributed by atoms with E-state index in [1.807, 2.05) is 0 Å². The maximum absolute atomic E-state index is 13.0. The van der Waals surface area contributed by atoms with E-state index in [9.17, 15) is 22.0 Å². The van der Waals surface area contributed by atoms with Crippen LogP contribution in [0, 0.1) is 0 Å². The Morgan fingerprint density at radius 2 is 2.00 bits per heavy atom. The van der Waals surface area contributed by atoms with Crippen LogP contribution in [0.3, 0.4) is 0 Å². The zero-order valence-electron chi connectivity index (χ0n) is 11.5. The molecule has 0 bridgehead atoms. The zero-order chi connectivity index (χ0) is 16.4. The second-order valence-electron chi connectivity index (χ2n) is 5.06. The van der Waals surface area contributed by atoms with E-state index >= 15 is 0 Å². The van der Waals surface area contributed by atoms with Crippen LogP contribution >= 0.6 is 11.6 Å². The molecule has 0 saturated carbocycles. The molecule has 2 N–H and O–H groups in total. The first-order valence-electron chi connectivity index (χ1n) is 6.57. The minimum Gasteiger partial charge on any atom is -0.354 e. The van der Waals surface area contributed by atoms with Crippen LogP contribution in [0.25, 0.3) is 0 Å². The minimum atomic E-state index is -3.56. The van der Waals surface area contributed by atoms with Gasteiger partial charge in [0.2, 0.25) is 5.91 Å². The van der Waals surface area contributed by atoms with Gasteiger partial charge in [0.25, 0.3) is 5.92 Å². The highest BCUT2D eigenvalue weighted by Crippen LogP contribution is 2.25. The first kappa shape index (κ1) is 17.1. The maximum atomic E-state index is 13.0. The lowest BCUT2D eigenvalue weighted by Gasteiger charge is -2.11. The summed E-state index contributed by atoms with van der Waals surface area (Å²) < 4.78 is 50.0. The Balaban J connectivity index is 1.85. The molecule has 1 fully saturated rings. The highest BCUT2D eigenvalue weighted by Gasteiger charge is 2.42.